The minimum atomic E-state index is -1.47. The molecule has 0 heterocycles. The molecule has 70 valence electrons. The lowest BCUT2D eigenvalue weighted by Crippen LogP contribution is -2.33. The van der Waals surface area contributed by atoms with Crippen LogP contribution in [0.4, 0.5) is 0 Å². The van der Waals surface area contributed by atoms with Crippen molar-refractivity contribution < 1.29 is 24.2 Å². The number of carbonyl (C=O) groups excluding carboxylic acids is 1. The molecule has 12 heavy (non-hydrogen) atoms. The first-order chi connectivity index (χ1) is 5.54. The fraction of sp³-hybridized carbons (Fsp3) is 0.714. The Morgan fingerprint density at radius 2 is 1.67 bits per heavy atom. The molecule has 0 radical (unpaired) electrons. The molecule has 1 N–H and O–H groups in total. The number of Topliss-reactive ketones (excluding diaryl/α,β-unsaturated/α-hetero) is 1. The Bertz CT molecular complexity index is 173. The highest BCUT2D eigenvalue weighted by atomic mass is 16.7. The summed E-state index contributed by atoms with van der Waals surface area (Å²) in [6.45, 7) is 1.44. The Morgan fingerprint density at radius 3 is 1.92 bits per heavy atom. The molecule has 0 saturated carbocycles. The van der Waals surface area contributed by atoms with Crippen LogP contribution in [0.25, 0.3) is 0 Å². The summed E-state index contributed by atoms with van der Waals surface area (Å²) in [6, 6.07) is 0. The van der Waals surface area contributed by atoms with Gasteiger partial charge in [-0.2, -0.15) is 0 Å². The summed E-state index contributed by atoms with van der Waals surface area (Å²) in [5, 5.41) is 8.33. The van der Waals surface area contributed by atoms with E-state index in [0.29, 0.717) is 0 Å². The Balaban J connectivity index is 4.25. The van der Waals surface area contributed by atoms with Crippen LogP contribution >= 0.6 is 0 Å². The number of hydrogen-bond acceptors (Lipinski definition) is 4. The molecule has 0 aliphatic carbocycles. The van der Waals surface area contributed by atoms with E-state index < -0.39 is 24.0 Å². The summed E-state index contributed by atoms with van der Waals surface area (Å²) < 4.78 is 9.45. The smallest absolute Gasteiger partial charge is 0.372 e. The van der Waals surface area contributed by atoms with Crippen LogP contribution in [0.3, 0.4) is 0 Å². The lowest BCUT2D eigenvalue weighted by Gasteiger charge is -2.17. The predicted molar refractivity (Wildman–Crippen MR) is 39.6 cm³/mol. The summed E-state index contributed by atoms with van der Waals surface area (Å²) in [5.41, 5.74) is 0. The highest BCUT2D eigenvalue weighted by Crippen LogP contribution is 2.08. The van der Waals surface area contributed by atoms with E-state index in [9.17, 15) is 9.59 Å². The average molecular weight is 176 g/mol. The van der Waals surface area contributed by atoms with Crippen LogP contribution in [0.5, 0.6) is 0 Å². The molecule has 0 fully saturated rings. The normalized spacial score (nSPS) is 13.0. The van der Waals surface area contributed by atoms with E-state index in [-0.39, 0.29) is 0 Å². The Labute approximate surface area is 70.3 Å². The third-order valence-electron chi connectivity index (χ3n) is 1.50. The van der Waals surface area contributed by atoms with Gasteiger partial charge < -0.3 is 14.6 Å². The van der Waals surface area contributed by atoms with Crippen LogP contribution in [0.2, 0.25) is 0 Å². The third-order valence-corrected chi connectivity index (χ3v) is 1.50. The molecule has 0 saturated heterocycles. The zero-order valence-corrected chi connectivity index (χ0v) is 7.23. The van der Waals surface area contributed by atoms with Crippen molar-refractivity contribution in [1.29, 1.82) is 0 Å². The van der Waals surface area contributed by atoms with Gasteiger partial charge in [0.05, 0.1) is 5.92 Å². The standard InChI is InChI=1S/C7H12O5/c1-4(5(8)6(9)10)7(11-2)12-3/h4,7H,1-3H3,(H,9,10). The van der Waals surface area contributed by atoms with Crippen molar-refractivity contribution >= 4 is 11.8 Å². The maximum Gasteiger partial charge on any atom is 0.372 e. The number of carboxylic acids is 1. The number of hydrogen-bond donors (Lipinski definition) is 1. The predicted octanol–water partition coefficient (Wildman–Crippen LogP) is -0.105. The summed E-state index contributed by atoms with van der Waals surface area (Å²) in [4.78, 5) is 21.1. The lowest BCUT2D eigenvalue weighted by atomic mass is 10.1. The molecule has 0 aromatic heterocycles. The van der Waals surface area contributed by atoms with Gasteiger partial charge in [0.1, 0.15) is 0 Å². The SMILES string of the molecule is COC(OC)C(C)C(=O)C(=O)O. The highest BCUT2D eigenvalue weighted by molar-refractivity contribution is 6.33. The summed E-state index contributed by atoms with van der Waals surface area (Å²) in [5.74, 6) is -3.18. The second-order valence-corrected chi connectivity index (χ2v) is 2.30. The maximum absolute atomic E-state index is 10.8. The number of carbonyl (C=O) groups is 2. The Hall–Kier alpha value is -0.940. The maximum atomic E-state index is 10.8. The zero-order valence-electron chi connectivity index (χ0n) is 7.23. The van der Waals surface area contributed by atoms with Gasteiger partial charge in [-0.1, -0.05) is 0 Å². The average Bonchev–Trinajstić information content (AvgIpc) is 2.05. The molecular formula is C7H12O5. The number of carboxylic acid groups (broad SMARTS) is 1. The lowest BCUT2D eigenvalue weighted by molar-refractivity contribution is -0.166. The number of aliphatic carboxylic acids is 1. The van der Waals surface area contributed by atoms with Crippen LogP contribution in [0, 0.1) is 5.92 Å². The highest BCUT2D eigenvalue weighted by Gasteiger charge is 2.28. The molecule has 0 aromatic carbocycles. The van der Waals surface area contributed by atoms with Crippen molar-refractivity contribution in [1.82, 2.24) is 0 Å². The van der Waals surface area contributed by atoms with Gasteiger partial charge in [0, 0.05) is 14.2 Å². The zero-order chi connectivity index (χ0) is 9.72. The number of ether oxygens (including phenoxy) is 2. The molecule has 0 aliphatic heterocycles. The Kier molecular flexibility index (Phi) is 4.46. The number of methoxy groups -OCH3 is 2. The summed E-state index contributed by atoms with van der Waals surface area (Å²) in [7, 11) is 2.69. The largest absolute Gasteiger partial charge is 0.475 e. The van der Waals surface area contributed by atoms with Gasteiger partial charge in [-0.05, 0) is 6.92 Å². The molecule has 0 spiro atoms. The first kappa shape index (κ1) is 11.1. The van der Waals surface area contributed by atoms with Crippen LogP contribution in [0.1, 0.15) is 6.92 Å². The van der Waals surface area contributed by atoms with E-state index in [4.69, 9.17) is 14.6 Å². The molecule has 0 bridgehead atoms. The minimum absolute atomic E-state index is 0.794. The van der Waals surface area contributed by atoms with E-state index in [2.05, 4.69) is 0 Å². The summed E-state index contributed by atoms with van der Waals surface area (Å²) in [6.07, 6.45) is -0.798. The molecule has 1 unspecified atom stereocenters. The monoisotopic (exact) mass is 176 g/mol. The molecular weight excluding hydrogens is 164 g/mol. The quantitative estimate of drug-likeness (QED) is 0.467. The van der Waals surface area contributed by atoms with Crippen LogP contribution in [0.15, 0.2) is 0 Å². The third kappa shape index (κ3) is 2.60. The van der Waals surface area contributed by atoms with Crippen LogP contribution < -0.4 is 0 Å². The molecule has 5 heteroatoms. The first-order valence-electron chi connectivity index (χ1n) is 3.37. The van der Waals surface area contributed by atoms with Gasteiger partial charge >= 0.3 is 5.97 Å². The Morgan fingerprint density at radius 1 is 1.25 bits per heavy atom. The van der Waals surface area contributed by atoms with Crippen molar-refractivity contribution in [3.05, 3.63) is 0 Å². The van der Waals surface area contributed by atoms with Crippen molar-refractivity contribution in [2.45, 2.75) is 13.2 Å². The van der Waals surface area contributed by atoms with Gasteiger partial charge in [-0.25, -0.2) is 4.79 Å². The van der Waals surface area contributed by atoms with Gasteiger partial charge in [0.15, 0.2) is 6.29 Å². The minimum Gasteiger partial charge on any atom is -0.475 e. The molecule has 0 amide bonds. The van der Waals surface area contributed by atoms with Crippen LogP contribution in [-0.4, -0.2) is 37.4 Å². The van der Waals surface area contributed by atoms with Crippen molar-refractivity contribution in [3.8, 4) is 0 Å². The fourth-order valence-electron chi connectivity index (χ4n) is 0.823. The van der Waals surface area contributed by atoms with Gasteiger partial charge in [0.25, 0.3) is 0 Å². The molecule has 1 atom stereocenters. The summed E-state index contributed by atoms with van der Waals surface area (Å²) >= 11 is 0. The second kappa shape index (κ2) is 4.84. The van der Waals surface area contributed by atoms with E-state index in [0.717, 1.165) is 0 Å². The fourth-order valence-corrected chi connectivity index (χ4v) is 0.823. The molecule has 0 aliphatic rings. The molecule has 0 aromatic rings. The first-order valence-corrected chi connectivity index (χ1v) is 3.37. The topological polar surface area (TPSA) is 72.8 Å². The molecule has 5 nitrogen and oxygen atoms in total. The van der Waals surface area contributed by atoms with Crippen molar-refractivity contribution in [3.63, 3.8) is 0 Å². The van der Waals surface area contributed by atoms with Crippen molar-refractivity contribution in [2.24, 2.45) is 5.92 Å². The second-order valence-electron chi connectivity index (χ2n) is 2.30. The van der Waals surface area contributed by atoms with E-state index in [1.54, 1.807) is 0 Å². The van der Waals surface area contributed by atoms with Gasteiger partial charge in [0.2, 0.25) is 5.78 Å². The van der Waals surface area contributed by atoms with Gasteiger partial charge in [-0.15, -0.1) is 0 Å². The van der Waals surface area contributed by atoms with Gasteiger partial charge in [-0.3, -0.25) is 4.79 Å². The van der Waals surface area contributed by atoms with E-state index in [1.165, 1.54) is 21.1 Å². The van der Waals surface area contributed by atoms with Crippen molar-refractivity contribution in [2.75, 3.05) is 14.2 Å². The number of ketones is 1. The van der Waals surface area contributed by atoms with E-state index >= 15 is 0 Å². The van der Waals surface area contributed by atoms with E-state index in [1.807, 2.05) is 0 Å². The molecule has 0 rings (SSSR count). The van der Waals surface area contributed by atoms with Crippen LogP contribution in [-0.2, 0) is 19.1 Å². The number of rotatable bonds is 5.